The summed E-state index contributed by atoms with van der Waals surface area (Å²) in [6.45, 7) is 1.43. The first-order valence-corrected chi connectivity index (χ1v) is 5.35. The molecule has 0 aromatic heterocycles. The molecule has 0 heterocycles. The molecule has 15 heavy (non-hydrogen) atoms. The molecule has 1 rings (SSSR count). The van der Waals surface area contributed by atoms with Gasteiger partial charge in [0.05, 0.1) is 18.7 Å². The average Bonchev–Trinajstić information content (AvgIpc) is 2.29. The van der Waals surface area contributed by atoms with E-state index in [2.05, 4.69) is 20.7 Å². The molecular formula is C11H12BrNO2. The summed E-state index contributed by atoms with van der Waals surface area (Å²) in [6, 6.07) is 9.03. The Morgan fingerprint density at radius 1 is 1.47 bits per heavy atom. The summed E-state index contributed by atoms with van der Waals surface area (Å²) in [4.78, 5) is 11.0. The molecule has 0 aliphatic carbocycles. The van der Waals surface area contributed by atoms with Crippen LogP contribution in [0.4, 0.5) is 0 Å². The number of ether oxygens (including phenoxy) is 1. The van der Waals surface area contributed by atoms with Gasteiger partial charge in [0.15, 0.2) is 0 Å². The number of benzene rings is 1. The third-order valence-electron chi connectivity index (χ3n) is 1.53. The second-order valence-corrected chi connectivity index (χ2v) is 3.11. The molecule has 0 unspecified atom stereocenters. The fourth-order valence-corrected chi connectivity index (χ4v) is 1.22. The van der Waals surface area contributed by atoms with Crippen LogP contribution in [0.5, 0.6) is 0 Å². The van der Waals surface area contributed by atoms with Gasteiger partial charge in [0, 0.05) is 12.3 Å². The number of nitrogens with zero attached hydrogens (tertiary/aromatic N) is 1. The van der Waals surface area contributed by atoms with Gasteiger partial charge in [-0.1, -0.05) is 28.1 Å². The molecule has 4 heteroatoms. The second kappa shape index (κ2) is 8.01. The van der Waals surface area contributed by atoms with Crippen LogP contribution in [-0.4, -0.2) is 13.1 Å². The summed E-state index contributed by atoms with van der Waals surface area (Å²) < 4.78 is 4.56. The zero-order valence-corrected chi connectivity index (χ0v) is 10.2. The van der Waals surface area contributed by atoms with Crippen molar-refractivity contribution in [3.05, 3.63) is 35.4 Å². The van der Waals surface area contributed by atoms with E-state index in [4.69, 9.17) is 5.26 Å². The zero-order chi connectivity index (χ0) is 11.7. The Kier molecular flexibility index (Phi) is 7.29. The van der Waals surface area contributed by atoms with Gasteiger partial charge in [0.1, 0.15) is 0 Å². The van der Waals surface area contributed by atoms with E-state index >= 15 is 0 Å². The molecule has 0 radical (unpaired) electrons. The number of hydrogen-bond donors (Lipinski definition) is 0. The monoisotopic (exact) mass is 269 g/mol. The Morgan fingerprint density at radius 2 is 1.93 bits per heavy atom. The molecule has 0 saturated carbocycles. The highest BCUT2D eigenvalue weighted by Crippen LogP contribution is 2.08. The molecule has 0 fully saturated rings. The van der Waals surface area contributed by atoms with Crippen LogP contribution in [0.25, 0.3) is 0 Å². The van der Waals surface area contributed by atoms with Crippen molar-refractivity contribution < 1.29 is 9.53 Å². The summed E-state index contributed by atoms with van der Waals surface area (Å²) in [6.07, 6.45) is 0. The van der Waals surface area contributed by atoms with Crippen LogP contribution in [0.3, 0.4) is 0 Å². The first kappa shape index (κ1) is 13.7. The minimum atomic E-state index is -0.295. The van der Waals surface area contributed by atoms with Crippen LogP contribution in [0.1, 0.15) is 22.8 Å². The Hall–Kier alpha value is -1.34. The molecule has 0 spiro atoms. The molecule has 1 aromatic rings. The number of alkyl halides is 1. The molecule has 0 aliphatic heterocycles. The van der Waals surface area contributed by atoms with Gasteiger partial charge < -0.3 is 4.74 Å². The average molecular weight is 270 g/mol. The number of carbonyl (C=O) groups excluding carboxylic acids is 1. The number of hydrogen-bond acceptors (Lipinski definition) is 3. The first-order chi connectivity index (χ1) is 7.19. The highest BCUT2D eigenvalue weighted by Gasteiger charge is 2.02. The van der Waals surface area contributed by atoms with Crippen LogP contribution in [-0.2, 0) is 10.1 Å². The Labute approximate surface area is 97.8 Å². The predicted molar refractivity (Wildman–Crippen MR) is 61.7 cm³/mol. The lowest BCUT2D eigenvalue weighted by Crippen LogP contribution is -2.00. The van der Waals surface area contributed by atoms with Crippen LogP contribution in [0.2, 0.25) is 0 Å². The van der Waals surface area contributed by atoms with Crippen molar-refractivity contribution in [1.82, 2.24) is 0 Å². The van der Waals surface area contributed by atoms with Crippen molar-refractivity contribution in [3.63, 3.8) is 0 Å². The van der Waals surface area contributed by atoms with Crippen molar-refractivity contribution in [2.45, 2.75) is 12.3 Å². The van der Waals surface area contributed by atoms with E-state index in [0.29, 0.717) is 5.56 Å². The normalized spacial score (nSPS) is 8.13. The highest BCUT2D eigenvalue weighted by molar-refractivity contribution is 9.08. The molecule has 0 bridgehead atoms. The number of methoxy groups -OCH3 is 1. The summed E-state index contributed by atoms with van der Waals surface area (Å²) in [5, 5.41) is 8.12. The number of rotatable bonds is 2. The molecule has 0 N–H and O–H groups in total. The maximum Gasteiger partial charge on any atom is 0.337 e. The lowest BCUT2D eigenvalue weighted by molar-refractivity contribution is 0.0601. The first-order valence-electron chi connectivity index (χ1n) is 4.23. The number of halogens is 1. The van der Waals surface area contributed by atoms with Crippen molar-refractivity contribution in [2.75, 3.05) is 7.11 Å². The summed E-state index contributed by atoms with van der Waals surface area (Å²) in [5.41, 5.74) is 1.73. The Morgan fingerprint density at radius 3 is 2.27 bits per heavy atom. The highest BCUT2D eigenvalue weighted by atomic mass is 79.9. The van der Waals surface area contributed by atoms with Crippen molar-refractivity contribution in [1.29, 1.82) is 5.26 Å². The fourth-order valence-electron chi connectivity index (χ4n) is 0.848. The molecule has 1 aromatic carbocycles. The lowest BCUT2D eigenvalue weighted by Gasteiger charge is -1.99. The third kappa shape index (κ3) is 5.18. The second-order valence-electron chi connectivity index (χ2n) is 2.55. The van der Waals surface area contributed by atoms with Gasteiger partial charge in [-0.05, 0) is 17.7 Å². The lowest BCUT2D eigenvalue weighted by atomic mass is 10.1. The van der Waals surface area contributed by atoms with E-state index in [-0.39, 0.29) is 5.97 Å². The molecule has 3 nitrogen and oxygen atoms in total. The molecule has 80 valence electrons. The smallest absolute Gasteiger partial charge is 0.337 e. The standard InChI is InChI=1S/C9H9BrO2.C2H3N/c1-12-9(11)8-4-2-7(6-10)3-5-8;1-2-3/h2-5H,6H2,1H3;1H3. The van der Waals surface area contributed by atoms with Crippen LogP contribution in [0.15, 0.2) is 24.3 Å². The molecule has 0 saturated heterocycles. The molecule has 0 atom stereocenters. The zero-order valence-electron chi connectivity index (χ0n) is 8.66. The summed E-state index contributed by atoms with van der Waals surface area (Å²) >= 11 is 3.32. The number of carbonyl (C=O) groups is 1. The number of esters is 1. The van der Waals surface area contributed by atoms with Gasteiger partial charge >= 0.3 is 5.97 Å². The predicted octanol–water partition coefficient (Wildman–Crippen LogP) is 2.90. The van der Waals surface area contributed by atoms with E-state index in [9.17, 15) is 4.79 Å². The van der Waals surface area contributed by atoms with E-state index in [1.807, 2.05) is 12.1 Å². The summed E-state index contributed by atoms with van der Waals surface area (Å²) in [5.74, 6) is -0.295. The fraction of sp³-hybridized carbons (Fsp3) is 0.273. The minimum absolute atomic E-state index is 0.295. The van der Waals surface area contributed by atoms with E-state index in [0.717, 1.165) is 10.9 Å². The SMILES string of the molecule is CC#N.COC(=O)c1ccc(CBr)cc1. The topological polar surface area (TPSA) is 50.1 Å². The minimum Gasteiger partial charge on any atom is -0.465 e. The maximum absolute atomic E-state index is 11.0. The van der Waals surface area contributed by atoms with Crippen LogP contribution >= 0.6 is 15.9 Å². The molecular weight excluding hydrogens is 258 g/mol. The van der Waals surface area contributed by atoms with Gasteiger partial charge in [-0.2, -0.15) is 5.26 Å². The van der Waals surface area contributed by atoms with Gasteiger partial charge in [0.25, 0.3) is 0 Å². The van der Waals surface area contributed by atoms with Crippen LogP contribution in [0, 0.1) is 11.3 Å². The number of nitriles is 1. The van der Waals surface area contributed by atoms with E-state index in [1.54, 1.807) is 18.2 Å². The third-order valence-corrected chi connectivity index (χ3v) is 2.18. The Balaban J connectivity index is 0.000000583. The van der Waals surface area contributed by atoms with Crippen LogP contribution < -0.4 is 0 Å². The summed E-state index contributed by atoms with van der Waals surface area (Å²) in [7, 11) is 1.38. The molecule has 0 aliphatic rings. The van der Waals surface area contributed by atoms with E-state index in [1.165, 1.54) is 14.0 Å². The van der Waals surface area contributed by atoms with Crippen molar-refractivity contribution in [3.8, 4) is 6.07 Å². The largest absolute Gasteiger partial charge is 0.465 e. The van der Waals surface area contributed by atoms with Gasteiger partial charge in [0.2, 0.25) is 0 Å². The Bertz CT molecular complexity index is 341. The quantitative estimate of drug-likeness (QED) is 0.613. The van der Waals surface area contributed by atoms with Gasteiger partial charge in [-0.25, -0.2) is 4.79 Å². The van der Waals surface area contributed by atoms with Crippen molar-refractivity contribution >= 4 is 21.9 Å². The maximum atomic E-state index is 11.0. The van der Waals surface area contributed by atoms with Crippen molar-refractivity contribution in [2.24, 2.45) is 0 Å². The molecule has 0 amide bonds. The van der Waals surface area contributed by atoms with Gasteiger partial charge in [-0.15, -0.1) is 0 Å². The van der Waals surface area contributed by atoms with Gasteiger partial charge in [-0.3, -0.25) is 0 Å². The van der Waals surface area contributed by atoms with E-state index < -0.39 is 0 Å².